The summed E-state index contributed by atoms with van der Waals surface area (Å²) >= 11 is 0. The molecule has 1 aromatic carbocycles. The molecule has 260 valence electrons. The molecule has 0 aliphatic heterocycles. The van der Waals surface area contributed by atoms with E-state index in [1.807, 2.05) is 13.8 Å². The summed E-state index contributed by atoms with van der Waals surface area (Å²) < 4.78 is 38.5. The molecule has 0 saturated carbocycles. The number of hydrogen-bond donors (Lipinski definition) is 4. The van der Waals surface area contributed by atoms with Crippen LogP contribution in [0.4, 0.5) is 0 Å². The first-order chi connectivity index (χ1) is 21.7. The second kappa shape index (κ2) is 20.4. The monoisotopic (exact) mass is 667 g/mol. The number of nitrogens with zero attached hydrogens (tertiary/aromatic N) is 1. The number of benzene rings is 1. The van der Waals surface area contributed by atoms with E-state index in [1.54, 1.807) is 26.8 Å². The quantitative estimate of drug-likeness (QED) is 0.0501. The van der Waals surface area contributed by atoms with Crippen LogP contribution in [0.2, 0.25) is 0 Å². The molecule has 5 N–H and O–H groups in total. The lowest BCUT2D eigenvalue weighted by atomic mass is 10.0. The van der Waals surface area contributed by atoms with Crippen molar-refractivity contribution in [3.63, 3.8) is 0 Å². The Balaban J connectivity index is 2.82. The minimum Gasteiger partial charge on any atom is -0.496 e. The number of carbonyl (C=O) groups is 4. The lowest BCUT2D eigenvalue weighted by molar-refractivity contribution is -0.140. The molecule has 2 atom stereocenters. The number of hydrogen-bond acceptors (Lipinski definition) is 9. The Hall–Kier alpha value is -3.68. The zero-order chi connectivity index (χ0) is 34.9. The summed E-state index contributed by atoms with van der Waals surface area (Å²) in [5, 5.41) is 5.48. The average molecular weight is 668 g/mol. The van der Waals surface area contributed by atoms with E-state index in [4.69, 9.17) is 10.5 Å². The Morgan fingerprint density at radius 1 is 0.957 bits per heavy atom. The molecule has 0 radical (unpaired) electrons. The summed E-state index contributed by atoms with van der Waals surface area (Å²) in [4.78, 5) is 52.8. The summed E-state index contributed by atoms with van der Waals surface area (Å²) in [5.41, 5.74) is 7.64. The van der Waals surface area contributed by atoms with Crippen molar-refractivity contribution in [1.82, 2.24) is 15.4 Å². The number of aliphatic imine (C=N–C) groups is 1. The van der Waals surface area contributed by atoms with Gasteiger partial charge in [-0.1, -0.05) is 33.1 Å². The van der Waals surface area contributed by atoms with Gasteiger partial charge in [-0.05, 0) is 81.5 Å². The maximum absolute atomic E-state index is 13.1. The predicted octanol–water partition coefficient (Wildman–Crippen LogP) is 3.11. The Kier molecular flexibility index (Phi) is 17.9. The van der Waals surface area contributed by atoms with Crippen molar-refractivity contribution in [2.45, 2.75) is 116 Å². The maximum Gasteiger partial charge on any atom is 0.305 e. The minimum absolute atomic E-state index is 0.0856. The molecule has 1 aromatic rings. The highest BCUT2D eigenvalue weighted by Crippen LogP contribution is 2.30. The molecule has 0 saturated heterocycles. The number of amides is 2. The van der Waals surface area contributed by atoms with Crippen LogP contribution in [0.1, 0.15) is 94.7 Å². The zero-order valence-electron chi connectivity index (χ0n) is 28.4. The van der Waals surface area contributed by atoms with Crippen LogP contribution >= 0.6 is 0 Å². The van der Waals surface area contributed by atoms with E-state index in [0.717, 1.165) is 25.7 Å². The standard InChI is InChI=1S/C32H53N5O8S/c1-21(2)18-25(20-38)35-31(41)26(36-28(39)15-11-9-8-10-12-16-29(40)45-7)14-13-17-34-32(33)37-46(42,43)30-22(3)19-27(44-6)23(4)24(30)5/h19-21,25-26H,8-18H2,1-7H3,(H,35,41)(H,36,39)(H3,33,34,37)/t25-,26-/m0/s1. The van der Waals surface area contributed by atoms with Gasteiger partial charge in [0.15, 0.2) is 0 Å². The van der Waals surface area contributed by atoms with Crippen LogP contribution in [0.3, 0.4) is 0 Å². The fraction of sp³-hybridized carbons (Fsp3) is 0.656. The third-order valence-corrected chi connectivity index (χ3v) is 9.16. The number of sulfonamides is 1. The van der Waals surface area contributed by atoms with Crippen LogP contribution in [0.5, 0.6) is 5.75 Å². The van der Waals surface area contributed by atoms with Crippen LogP contribution in [-0.2, 0) is 33.9 Å². The molecule has 46 heavy (non-hydrogen) atoms. The molecule has 0 bridgehead atoms. The second-order valence-corrected chi connectivity index (χ2v) is 13.5. The smallest absolute Gasteiger partial charge is 0.305 e. The Morgan fingerprint density at radius 3 is 2.17 bits per heavy atom. The van der Waals surface area contributed by atoms with E-state index in [1.165, 1.54) is 14.2 Å². The van der Waals surface area contributed by atoms with Gasteiger partial charge in [0.25, 0.3) is 10.0 Å². The number of aldehydes is 1. The number of nitrogens with two attached hydrogens (primary N) is 1. The largest absolute Gasteiger partial charge is 0.496 e. The van der Waals surface area contributed by atoms with Crippen LogP contribution in [0.15, 0.2) is 16.0 Å². The van der Waals surface area contributed by atoms with Gasteiger partial charge in [0, 0.05) is 19.4 Å². The van der Waals surface area contributed by atoms with Crippen LogP contribution in [0, 0.1) is 26.7 Å². The van der Waals surface area contributed by atoms with Gasteiger partial charge in [-0.25, -0.2) is 13.1 Å². The summed E-state index contributed by atoms with van der Waals surface area (Å²) in [7, 11) is -1.16. The van der Waals surface area contributed by atoms with Crippen molar-refractivity contribution >= 4 is 40.1 Å². The van der Waals surface area contributed by atoms with Crippen LogP contribution < -0.4 is 25.8 Å². The molecule has 0 heterocycles. The first-order valence-electron chi connectivity index (χ1n) is 15.8. The normalized spacial score (nSPS) is 13.1. The fourth-order valence-electron chi connectivity index (χ4n) is 5.02. The molecule has 0 aliphatic rings. The lowest BCUT2D eigenvalue weighted by Crippen LogP contribution is -2.50. The van der Waals surface area contributed by atoms with Gasteiger partial charge in [-0.2, -0.15) is 0 Å². The number of carbonyl (C=O) groups excluding carboxylic acids is 4. The van der Waals surface area contributed by atoms with Crippen LogP contribution in [0.25, 0.3) is 0 Å². The highest BCUT2D eigenvalue weighted by molar-refractivity contribution is 7.90. The molecule has 14 heteroatoms. The number of aryl methyl sites for hydroxylation is 1. The van der Waals surface area contributed by atoms with Crippen molar-refractivity contribution in [2.24, 2.45) is 16.6 Å². The van der Waals surface area contributed by atoms with Crippen molar-refractivity contribution in [3.8, 4) is 5.75 Å². The molecule has 0 aromatic heterocycles. The Morgan fingerprint density at radius 2 is 1.59 bits per heavy atom. The van der Waals surface area contributed by atoms with E-state index >= 15 is 0 Å². The molecule has 1 rings (SSSR count). The topological polar surface area (TPSA) is 195 Å². The predicted molar refractivity (Wildman–Crippen MR) is 177 cm³/mol. The zero-order valence-corrected chi connectivity index (χ0v) is 29.2. The molecule has 0 unspecified atom stereocenters. The van der Waals surface area contributed by atoms with E-state index in [0.29, 0.717) is 54.4 Å². The van der Waals surface area contributed by atoms with E-state index in [9.17, 15) is 27.6 Å². The highest BCUT2D eigenvalue weighted by atomic mass is 32.2. The molecular formula is C32H53N5O8S. The first kappa shape index (κ1) is 40.3. The number of guanidine groups is 1. The average Bonchev–Trinajstić information content (AvgIpc) is 2.98. The molecule has 2 amide bonds. The Bertz CT molecular complexity index is 1310. The van der Waals surface area contributed by atoms with Gasteiger partial charge < -0.3 is 30.6 Å². The molecule has 0 spiro atoms. The van der Waals surface area contributed by atoms with Gasteiger partial charge in [0.05, 0.1) is 25.2 Å². The van der Waals surface area contributed by atoms with Crippen LogP contribution in [-0.4, -0.2) is 71.3 Å². The van der Waals surface area contributed by atoms with Crippen molar-refractivity contribution in [1.29, 1.82) is 0 Å². The fourth-order valence-corrected chi connectivity index (χ4v) is 6.51. The number of unbranched alkanes of at least 4 members (excludes halogenated alkanes) is 4. The lowest BCUT2D eigenvalue weighted by Gasteiger charge is -2.21. The number of ether oxygens (including phenoxy) is 2. The number of methoxy groups -OCH3 is 2. The van der Waals surface area contributed by atoms with E-state index < -0.39 is 28.0 Å². The number of esters is 1. The van der Waals surface area contributed by atoms with Gasteiger partial charge in [-0.15, -0.1) is 0 Å². The summed E-state index contributed by atoms with van der Waals surface area (Å²) in [6.07, 6.45) is 6.09. The van der Waals surface area contributed by atoms with Gasteiger partial charge in [-0.3, -0.25) is 19.4 Å². The molecule has 13 nitrogen and oxygen atoms in total. The third-order valence-electron chi connectivity index (χ3n) is 7.52. The molecular weight excluding hydrogens is 614 g/mol. The summed E-state index contributed by atoms with van der Waals surface area (Å²) in [6.45, 7) is 9.09. The summed E-state index contributed by atoms with van der Waals surface area (Å²) in [6, 6.07) is 0.0459. The first-order valence-corrected chi connectivity index (χ1v) is 17.2. The van der Waals surface area contributed by atoms with Crippen molar-refractivity contribution in [3.05, 3.63) is 22.8 Å². The van der Waals surface area contributed by atoms with Gasteiger partial charge in [0.1, 0.15) is 18.1 Å². The van der Waals surface area contributed by atoms with Gasteiger partial charge >= 0.3 is 5.97 Å². The van der Waals surface area contributed by atoms with E-state index in [-0.39, 0.29) is 48.0 Å². The maximum atomic E-state index is 13.1. The second-order valence-electron chi connectivity index (χ2n) is 11.8. The molecule has 0 aliphatic carbocycles. The van der Waals surface area contributed by atoms with E-state index in [2.05, 4.69) is 25.1 Å². The van der Waals surface area contributed by atoms with Crippen molar-refractivity contribution in [2.75, 3.05) is 20.8 Å². The number of nitrogens with one attached hydrogen (secondary N) is 3. The van der Waals surface area contributed by atoms with Crippen molar-refractivity contribution < 1.29 is 37.1 Å². The SMILES string of the molecule is COC(=O)CCCCCCCC(=O)N[C@@H](CCCN=C(N)NS(=O)(=O)c1c(C)cc(OC)c(C)c1C)C(=O)N[C@H](C=O)CC(C)C. The minimum atomic E-state index is -4.04. The highest BCUT2D eigenvalue weighted by Gasteiger charge is 2.25. The molecule has 0 fully saturated rings. The van der Waals surface area contributed by atoms with Gasteiger partial charge in [0.2, 0.25) is 17.8 Å². The third kappa shape index (κ3) is 14.2. The Labute approximate surface area is 273 Å². The summed E-state index contributed by atoms with van der Waals surface area (Å²) in [5.74, 6) is -0.562. The number of rotatable bonds is 21.